The fraction of sp³-hybridized carbons (Fsp3) is 0.483. The van der Waals surface area contributed by atoms with Gasteiger partial charge in [0, 0.05) is 30.8 Å². The maximum absolute atomic E-state index is 13.7. The summed E-state index contributed by atoms with van der Waals surface area (Å²) in [6, 6.07) is 10.8. The number of aliphatic imine (C=N–C) groups is 1. The van der Waals surface area contributed by atoms with E-state index >= 15 is 0 Å². The summed E-state index contributed by atoms with van der Waals surface area (Å²) in [5, 5.41) is 26.4. The molecule has 0 bridgehead atoms. The smallest absolute Gasteiger partial charge is 0.217 e. The third-order valence-electron chi connectivity index (χ3n) is 7.05. The van der Waals surface area contributed by atoms with Gasteiger partial charge in [-0.05, 0) is 66.3 Å². The summed E-state index contributed by atoms with van der Waals surface area (Å²) in [5.74, 6) is -1.76. The second kappa shape index (κ2) is 11.9. The number of aliphatic hydroxyl groups excluding tert-OH is 1. The Labute approximate surface area is 217 Å². The highest BCUT2D eigenvalue weighted by Crippen LogP contribution is 2.38. The maximum Gasteiger partial charge on any atom is 0.217 e. The van der Waals surface area contributed by atoms with Gasteiger partial charge >= 0.3 is 0 Å². The molecule has 0 radical (unpaired) electrons. The molecule has 0 heterocycles. The van der Waals surface area contributed by atoms with Gasteiger partial charge in [0.25, 0.3) is 0 Å². The van der Waals surface area contributed by atoms with Crippen molar-refractivity contribution in [1.82, 2.24) is 10.6 Å². The minimum absolute atomic E-state index is 0.0461. The van der Waals surface area contributed by atoms with Crippen LogP contribution in [0.25, 0.3) is 0 Å². The Morgan fingerprint density at radius 3 is 2.38 bits per heavy atom. The average Bonchev–Trinajstić information content (AvgIpc) is 2.82. The molecule has 0 aromatic heterocycles. The van der Waals surface area contributed by atoms with E-state index in [0.717, 1.165) is 17.3 Å². The monoisotopic (exact) mass is 510 g/mol. The molecule has 8 heteroatoms. The van der Waals surface area contributed by atoms with Crippen LogP contribution in [0.3, 0.4) is 0 Å². The SMILES string of the molecule is CC(=O)NC(Cc1cc(F)cc(F)c1)C(O)CNC1(c2cccc(C(C)(C)C)c2)CCC(=NC#N)CC1. The van der Waals surface area contributed by atoms with Crippen LogP contribution < -0.4 is 10.6 Å². The first-order chi connectivity index (χ1) is 17.4. The Kier molecular flexibility index (Phi) is 9.16. The number of halogens is 2. The first-order valence-electron chi connectivity index (χ1n) is 12.6. The lowest BCUT2D eigenvalue weighted by molar-refractivity contribution is -0.120. The molecule has 0 spiro atoms. The van der Waals surface area contributed by atoms with Gasteiger partial charge in [-0.15, -0.1) is 0 Å². The quantitative estimate of drug-likeness (QED) is 0.450. The van der Waals surface area contributed by atoms with Crippen molar-refractivity contribution in [3.63, 3.8) is 0 Å². The number of carbonyl (C=O) groups excluding carboxylic acids is 1. The predicted molar refractivity (Wildman–Crippen MR) is 140 cm³/mol. The maximum atomic E-state index is 13.7. The molecule has 2 aromatic carbocycles. The van der Waals surface area contributed by atoms with Crippen molar-refractivity contribution in [2.75, 3.05) is 6.54 Å². The van der Waals surface area contributed by atoms with Gasteiger partial charge in [0.2, 0.25) is 12.1 Å². The number of amides is 1. The van der Waals surface area contributed by atoms with Crippen LogP contribution in [-0.2, 0) is 22.2 Å². The van der Waals surface area contributed by atoms with Gasteiger partial charge in [-0.3, -0.25) is 4.79 Å². The van der Waals surface area contributed by atoms with E-state index < -0.39 is 29.3 Å². The van der Waals surface area contributed by atoms with Crippen LogP contribution in [-0.4, -0.2) is 35.4 Å². The van der Waals surface area contributed by atoms with Crippen molar-refractivity contribution < 1.29 is 18.7 Å². The van der Waals surface area contributed by atoms with Crippen LogP contribution >= 0.6 is 0 Å². The molecule has 2 atom stereocenters. The zero-order valence-electron chi connectivity index (χ0n) is 21.9. The molecular weight excluding hydrogens is 474 g/mol. The standard InChI is InChI=1S/C29H36F2N4O2/c1-19(36)35-26(14-20-12-23(30)16-24(31)13-20)27(37)17-34-29(10-8-25(9-11-29)33-18-32)22-7-5-6-21(15-22)28(2,3)4/h5-7,12-13,15-16,26-27,34,37H,8-11,14,17H2,1-4H3,(H,35,36). The number of nitrogens with one attached hydrogen (secondary N) is 2. The lowest BCUT2D eigenvalue weighted by Gasteiger charge is -2.41. The van der Waals surface area contributed by atoms with Crippen LogP contribution in [0.4, 0.5) is 8.78 Å². The van der Waals surface area contributed by atoms with Crippen molar-refractivity contribution in [3.8, 4) is 6.19 Å². The van der Waals surface area contributed by atoms with E-state index in [-0.39, 0.29) is 24.3 Å². The number of benzene rings is 2. The highest BCUT2D eigenvalue weighted by molar-refractivity contribution is 5.86. The van der Waals surface area contributed by atoms with E-state index in [1.165, 1.54) is 24.6 Å². The van der Waals surface area contributed by atoms with E-state index in [1.54, 1.807) is 0 Å². The summed E-state index contributed by atoms with van der Waals surface area (Å²) in [4.78, 5) is 15.8. The summed E-state index contributed by atoms with van der Waals surface area (Å²) < 4.78 is 27.5. The molecule has 37 heavy (non-hydrogen) atoms. The Balaban J connectivity index is 1.86. The van der Waals surface area contributed by atoms with E-state index in [0.29, 0.717) is 31.2 Å². The topological polar surface area (TPSA) is 97.5 Å². The highest BCUT2D eigenvalue weighted by Gasteiger charge is 2.37. The van der Waals surface area contributed by atoms with Crippen LogP contribution in [0.1, 0.15) is 70.1 Å². The molecule has 2 unspecified atom stereocenters. The van der Waals surface area contributed by atoms with Crippen molar-refractivity contribution in [2.24, 2.45) is 4.99 Å². The van der Waals surface area contributed by atoms with E-state index in [4.69, 9.17) is 5.26 Å². The molecule has 1 amide bonds. The van der Waals surface area contributed by atoms with E-state index in [1.807, 2.05) is 12.3 Å². The van der Waals surface area contributed by atoms with Crippen molar-refractivity contribution in [1.29, 1.82) is 5.26 Å². The molecule has 1 aliphatic rings. The summed E-state index contributed by atoms with van der Waals surface area (Å²) in [6.45, 7) is 7.95. The third kappa shape index (κ3) is 7.67. The van der Waals surface area contributed by atoms with Gasteiger partial charge in [0.15, 0.2) is 0 Å². The van der Waals surface area contributed by atoms with Gasteiger partial charge in [0.05, 0.1) is 12.1 Å². The second-order valence-corrected chi connectivity index (χ2v) is 10.9. The molecule has 1 fully saturated rings. The highest BCUT2D eigenvalue weighted by atomic mass is 19.1. The summed E-state index contributed by atoms with van der Waals surface area (Å²) in [7, 11) is 0. The zero-order valence-corrected chi connectivity index (χ0v) is 21.9. The number of nitriles is 1. The van der Waals surface area contributed by atoms with Crippen LogP contribution in [0.2, 0.25) is 0 Å². The third-order valence-corrected chi connectivity index (χ3v) is 7.05. The number of rotatable bonds is 8. The summed E-state index contributed by atoms with van der Waals surface area (Å²) >= 11 is 0. The molecule has 0 saturated heterocycles. The Bertz CT molecular complexity index is 1150. The van der Waals surface area contributed by atoms with Gasteiger partial charge < -0.3 is 15.7 Å². The number of aliphatic hydroxyl groups is 1. The Morgan fingerprint density at radius 1 is 1.16 bits per heavy atom. The Hall–Kier alpha value is -3.15. The van der Waals surface area contributed by atoms with Gasteiger partial charge in [-0.2, -0.15) is 10.3 Å². The van der Waals surface area contributed by atoms with E-state index in [2.05, 4.69) is 54.6 Å². The van der Waals surface area contributed by atoms with E-state index in [9.17, 15) is 18.7 Å². The fourth-order valence-electron chi connectivity index (χ4n) is 4.97. The van der Waals surface area contributed by atoms with Gasteiger partial charge in [-0.25, -0.2) is 8.78 Å². The normalized spacial score (nSPS) is 19.6. The average molecular weight is 511 g/mol. The van der Waals surface area contributed by atoms with Crippen molar-refractivity contribution in [3.05, 3.63) is 70.8 Å². The Morgan fingerprint density at radius 2 is 1.81 bits per heavy atom. The number of carbonyl (C=O) groups is 1. The van der Waals surface area contributed by atoms with Crippen molar-refractivity contribution in [2.45, 2.75) is 82.9 Å². The summed E-state index contributed by atoms with van der Waals surface area (Å²) in [5.41, 5.74) is 2.96. The first-order valence-corrected chi connectivity index (χ1v) is 12.6. The fourth-order valence-corrected chi connectivity index (χ4v) is 4.97. The van der Waals surface area contributed by atoms with Gasteiger partial charge in [-0.1, -0.05) is 45.0 Å². The molecule has 198 valence electrons. The largest absolute Gasteiger partial charge is 0.390 e. The minimum atomic E-state index is -1.02. The zero-order chi connectivity index (χ0) is 27.2. The molecule has 3 rings (SSSR count). The number of nitrogens with zero attached hydrogens (tertiary/aromatic N) is 2. The minimum Gasteiger partial charge on any atom is -0.390 e. The van der Waals surface area contributed by atoms with Gasteiger partial charge in [0.1, 0.15) is 11.6 Å². The first kappa shape index (κ1) is 28.4. The molecule has 0 aliphatic heterocycles. The molecule has 1 saturated carbocycles. The lowest BCUT2D eigenvalue weighted by atomic mass is 9.74. The molecule has 3 N–H and O–H groups in total. The molecule has 2 aromatic rings. The van der Waals surface area contributed by atoms with Crippen LogP contribution in [0.5, 0.6) is 0 Å². The molecule has 1 aliphatic carbocycles. The molecular formula is C29H36F2N4O2. The van der Waals surface area contributed by atoms with Crippen molar-refractivity contribution >= 4 is 11.6 Å². The van der Waals surface area contributed by atoms with Crippen LogP contribution in [0, 0.1) is 23.1 Å². The number of hydrogen-bond acceptors (Lipinski definition) is 5. The second-order valence-electron chi connectivity index (χ2n) is 10.9. The predicted octanol–water partition coefficient (Wildman–Crippen LogP) is 4.65. The lowest BCUT2D eigenvalue weighted by Crippen LogP contribution is -2.53. The summed E-state index contributed by atoms with van der Waals surface area (Å²) in [6.07, 6.45) is 3.60. The number of hydrogen-bond donors (Lipinski definition) is 3. The molecule has 6 nitrogen and oxygen atoms in total. The van der Waals surface area contributed by atoms with Crippen LogP contribution in [0.15, 0.2) is 47.5 Å².